The van der Waals surface area contributed by atoms with Gasteiger partial charge in [-0.05, 0) is 18.9 Å². The molecule has 1 aliphatic rings. The molecule has 0 radical (unpaired) electrons. The van der Waals surface area contributed by atoms with E-state index in [1.165, 1.54) is 16.2 Å². The number of benzene rings is 1. The molecule has 3 heterocycles. The number of hydrogen-bond acceptors (Lipinski definition) is 6. The smallest absolute Gasteiger partial charge is 0.333 e. The van der Waals surface area contributed by atoms with E-state index in [1.807, 2.05) is 30.3 Å². The van der Waals surface area contributed by atoms with Crippen molar-refractivity contribution in [2.45, 2.75) is 33.0 Å². The molecule has 10 nitrogen and oxygen atoms in total. The highest BCUT2D eigenvalue weighted by Crippen LogP contribution is 2.20. The number of fused-ring (bicyclic) bond motifs is 1. The number of aryl methyl sites for hydroxylation is 1. The van der Waals surface area contributed by atoms with Gasteiger partial charge in [-0.1, -0.05) is 36.3 Å². The highest BCUT2D eigenvalue weighted by atomic mass is 35.5. The molecule has 0 saturated carbocycles. The van der Waals surface area contributed by atoms with Crippen molar-refractivity contribution in [2.24, 2.45) is 0 Å². The summed E-state index contributed by atoms with van der Waals surface area (Å²) < 4.78 is 4.28. The van der Waals surface area contributed by atoms with Crippen LogP contribution in [0.1, 0.15) is 12.5 Å². The van der Waals surface area contributed by atoms with Crippen LogP contribution in [0.2, 0.25) is 0 Å². The van der Waals surface area contributed by atoms with Gasteiger partial charge < -0.3 is 15.5 Å². The third-order valence-corrected chi connectivity index (χ3v) is 5.96. The molecule has 1 amide bonds. The molecule has 186 valence electrons. The Bertz CT molecular complexity index is 1360. The van der Waals surface area contributed by atoms with Gasteiger partial charge in [0, 0.05) is 39.8 Å². The van der Waals surface area contributed by atoms with Gasteiger partial charge in [0.05, 0.1) is 6.54 Å². The first-order valence-electron chi connectivity index (χ1n) is 11.4. The van der Waals surface area contributed by atoms with E-state index < -0.39 is 11.2 Å². The standard InChI is InChI=1S/C24H29N7O3.ClH/c1-3-4-13-29-20-21(27-23(29)28-15-11-26-12-16-28)31(17-19(32)25-2)24(34)30(22(20)33)14-10-18-8-6-5-7-9-18;/h5-9,26H,10-17H2,1-2H3,(H,25,32);1H. The SMILES string of the molecule is CC#CCn1c(N2CCNCC2)nc2c1c(=O)n(CCc1ccccc1)c(=O)n2CC(=O)NC.Cl. The van der Waals surface area contributed by atoms with Gasteiger partial charge in [0.2, 0.25) is 11.9 Å². The van der Waals surface area contributed by atoms with Crippen LogP contribution in [0.5, 0.6) is 0 Å². The summed E-state index contributed by atoms with van der Waals surface area (Å²) in [7, 11) is 1.51. The van der Waals surface area contributed by atoms with Crippen molar-refractivity contribution in [2.75, 3.05) is 38.1 Å². The van der Waals surface area contributed by atoms with E-state index in [0.717, 1.165) is 18.7 Å². The molecule has 11 heteroatoms. The Morgan fingerprint density at radius 2 is 1.83 bits per heavy atom. The average Bonchev–Trinajstić information content (AvgIpc) is 3.25. The molecular weight excluding hydrogens is 470 g/mol. The van der Waals surface area contributed by atoms with E-state index >= 15 is 0 Å². The number of aromatic nitrogens is 4. The molecule has 2 aromatic heterocycles. The average molecular weight is 500 g/mol. The second kappa shape index (κ2) is 11.7. The number of carbonyl (C=O) groups excluding carboxylic acids is 1. The monoisotopic (exact) mass is 499 g/mol. The molecular formula is C24H30ClN7O3. The number of rotatable bonds is 7. The zero-order chi connectivity index (χ0) is 24.1. The van der Waals surface area contributed by atoms with E-state index in [-0.39, 0.29) is 49.1 Å². The number of amides is 1. The van der Waals surface area contributed by atoms with E-state index in [4.69, 9.17) is 4.98 Å². The van der Waals surface area contributed by atoms with Crippen molar-refractivity contribution in [3.63, 3.8) is 0 Å². The zero-order valence-electron chi connectivity index (χ0n) is 19.9. The molecule has 3 aromatic rings. The molecule has 1 fully saturated rings. The summed E-state index contributed by atoms with van der Waals surface area (Å²) in [5.41, 5.74) is 0.540. The maximum atomic E-state index is 13.7. The largest absolute Gasteiger partial charge is 0.358 e. The Kier molecular flexibility index (Phi) is 8.73. The lowest BCUT2D eigenvalue weighted by molar-refractivity contribution is -0.121. The van der Waals surface area contributed by atoms with Crippen LogP contribution in [0, 0.1) is 11.8 Å². The fraction of sp³-hybridized carbons (Fsp3) is 0.417. The molecule has 1 aliphatic heterocycles. The lowest BCUT2D eigenvalue weighted by Crippen LogP contribution is -2.44. The minimum Gasteiger partial charge on any atom is -0.358 e. The molecule has 0 aliphatic carbocycles. The summed E-state index contributed by atoms with van der Waals surface area (Å²) in [4.78, 5) is 46.2. The Morgan fingerprint density at radius 3 is 2.49 bits per heavy atom. The van der Waals surface area contributed by atoms with Gasteiger partial charge in [0.25, 0.3) is 5.56 Å². The van der Waals surface area contributed by atoms with Gasteiger partial charge in [-0.25, -0.2) is 4.79 Å². The molecule has 0 unspecified atom stereocenters. The zero-order valence-corrected chi connectivity index (χ0v) is 20.7. The van der Waals surface area contributed by atoms with Crippen LogP contribution in [-0.4, -0.2) is 57.8 Å². The molecule has 1 aromatic carbocycles. The maximum absolute atomic E-state index is 13.7. The van der Waals surface area contributed by atoms with Crippen molar-refractivity contribution in [3.05, 3.63) is 56.7 Å². The van der Waals surface area contributed by atoms with Crippen LogP contribution in [0.4, 0.5) is 5.95 Å². The van der Waals surface area contributed by atoms with Crippen LogP contribution < -0.4 is 26.8 Å². The van der Waals surface area contributed by atoms with E-state index in [9.17, 15) is 14.4 Å². The number of anilines is 1. The lowest BCUT2D eigenvalue weighted by Gasteiger charge is -2.28. The predicted molar refractivity (Wildman–Crippen MR) is 138 cm³/mol. The van der Waals surface area contributed by atoms with Crippen LogP contribution >= 0.6 is 12.4 Å². The first-order valence-corrected chi connectivity index (χ1v) is 11.4. The molecule has 0 atom stereocenters. The van der Waals surface area contributed by atoms with E-state index in [2.05, 4.69) is 27.4 Å². The normalized spacial score (nSPS) is 13.1. The van der Waals surface area contributed by atoms with E-state index in [1.54, 1.807) is 11.5 Å². The number of nitrogens with one attached hydrogen (secondary N) is 2. The third-order valence-electron chi connectivity index (χ3n) is 5.96. The van der Waals surface area contributed by atoms with Crippen molar-refractivity contribution >= 4 is 35.4 Å². The van der Waals surface area contributed by atoms with Gasteiger partial charge in [-0.3, -0.25) is 23.3 Å². The minimum atomic E-state index is -0.546. The number of carbonyl (C=O) groups is 1. The second-order valence-corrected chi connectivity index (χ2v) is 8.07. The number of likely N-dealkylation sites (N-methyl/N-ethyl adjacent to an activating group) is 1. The Balaban J connectivity index is 0.00000342. The summed E-state index contributed by atoms with van der Waals surface area (Å²) in [6.45, 7) is 4.97. The van der Waals surface area contributed by atoms with Crippen LogP contribution in [-0.2, 0) is 30.8 Å². The topological polar surface area (TPSA) is 106 Å². The summed E-state index contributed by atoms with van der Waals surface area (Å²) in [6, 6.07) is 9.67. The summed E-state index contributed by atoms with van der Waals surface area (Å²) in [5.74, 6) is 6.15. The molecule has 1 saturated heterocycles. The Labute approximate surface area is 209 Å². The van der Waals surface area contributed by atoms with Gasteiger partial charge in [0.1, 0.15) is 6.54 Å². The van der Waals surface area contributed by atoms with Crippen LogP contribution in [0.25, 0.3) is 11.2 Å². The highest BCUT2D eigenvalue weighted by Gasteiger charge is 2.25. The predicted octanol–water partition coefficient (Wildman–Crippen LogP) is 0.203. The third kappa shape index (κ3) is 5.42. The van der Waals surface area contributed by atoms with Crippen molar-refractivity contribution in [3.8, 4) is 11.8 Å². The van der Waals surface area contributed by atoms with Gasteiger partial charge >= 0.3 is 5.69 Å². The highest BCUT2D eigenvalue weighted by molar-refractivity contribution is 5.85. The number of piperazine rings is 1. The van der Waals surface area contributed by atoms with Crippen LogP contribution in [0.3, 0.4) is 0 Å². The summed E-state index contributed by atoms with van der Waals surface area (Å²) in [6.07, 6.45) is 0.509. The minimum absolute atomic E-state index is 0. The van der Waals surface area contributed by atoms with Gasteiger partial charge in [0.15, 0.2) is 11.2 Å². The molecule has 2 N–H and O–H groups in total. The number of imidazole rings is 1. The lowest BCUT2D eigenvalue weighted by atomic mass is 10.1. The molecule has 35 heavy (non-hydrogen) atoms. The first-order chi connectivity index (χ1) is 16.5. The van der Waals surface area contributed by atoms with Gasteiger partial charge in [-0.15, -0.1) is 18.3 Å². The number of hydrogen-bond donors (Lipinski definition) is 2. The maximum Gasteiger partial charge on any atom is 0.333 e. The Morgan fingerprint density at radius 1 is 1.11 bits per heavy atom. The molecule has 0 bridgehead atoms. The Hall–Kier alpha value is -3.55. The summed E-state index contributed by atoms with van der Waals surface area (Å²) >= 11 is 0. The number of halogens is 1. The summed E-state index contributed by atoms with van der Waals surface area (Å²) in [5, 5.41) is 5.86. The van der Waals surface area contributed by atoms with Crippen LogP contribution in [0.15, 0.2) is 39.9 Å². The second-order valence-electron chi connectivity index (χ2n) is 8.07. The van der Waals surface area contributed by atoms with Gasteiger partial charge in [-0.2, -0.15) is 4.98 Å². The fourth-order valence-electron chi connectivity index (χ4n) is 4.14. The first kappa shape index (κ1) is 26.1. The molecule has 0 spiro atoms. The fourth-order valence-corrected chi connectivity index (χ4v) is 4.14. The van der Waals surface area contributed by atoms with E-state index in [0.29, 0.717) is 25.5 Å². The van der Waals surface area contributed by atoms with Crippen molar-refractivity contribution < 1.29 is 4.79 Å². The molecule has 4 rings (SSSR count). The van der Waals surface area contributed by atoms with Crippen molar-refractivity contribution in [1.29, 1.82) is 0 Å². The van der Waals surface area contributed by atoms with Crippen molar-refractivity contribution in [1.82, 2.24) is 29.3 Å². The number of nitrogens with zero attached hydrogens (tertiary/aromatic N) is 5. The quantitative estimate of drug-likeness (QED) is 0.450.